The quantitative estimate of drug-likeness (QED) is 0.763. The summed E-state index contributed by atoms with van der Waals surface area (Å²) in [7, 11) is 0. The molecular weight excluding hydrogens is 321 g/mol. The normalized spacial score (nSPS) is 22.0. The van der Waals surface area contributed by atoms with Crippen LogP contribution < -0.4 is 11.5 Å². The van der Waals surface area contributed by atoms with Crippen LogP contribution in [0, 0.1) is 5.82 Å². The molecule has 0 radical (unpaired) electrons. The Kier molecular flexibility index (Phi) is 3.67. The number of aliphatic imine (C=N–C) groups is 1. The Morgan fingerprint density at radius 3 is 2.80 bits per heavy atom. The van der Waals surface area contributed by atoms with Gasteiger partial charge in [0.05, 0.1) is 23.0 Å². The first-order valence-corrected chi connectivity index (χ1v) is 7.82. The SMILES string of the molecule is NC1C=Nc2cccnc2C1(N)Cc1cc(-c2ccc(F)cc2)no1. The molecule has 0 saturated carbocycles. The van der Waals surface area contributed by atoms with Crippen molar-refractivity contribution in [2.75, 3.05) is 0 Å². The van der Waals surface area contributed by atoms with E-state index in [9.17, 15) is 4.39 Å². The van der Waals surface area contributed by atoms with Crippen molar-refractivity contribution in [3.63, 3.8) is 0 Å². The van der Waals surface area contributed by atoms with Crippen molar-refractivity contribution >= 4 is 11.9 Å². The van der Waals surface area contributed by atoms with Crippen LogP contribution in [0.3, 0.4) is 0 Å². The molecular formula is C18H16FN5O. The van der Waals surface area contributed by atoms with Crippen LogP contribution in [0.1, 0.15) is 11.5 Å². The zero-order chi connectivity index (χ0) is 17.4. The summed E-state index contributed by atoms with van der Waals surface area (Å²) >= 11 is 0. The van der Waals surface area contributed by atoms with Gasteiger partial charge in [0.25, 0.3) is 0 Å². The van der Waals surface area contributed by atoms with Gasteiger partial charge in [-0.3, -0.25) is 9.98 Å². The molecule has 7 heteroatoms. The molecule has 1 aliphatic heterocycles. The van der Waals surface area contributed by atoms with Crippen LogP contribution in [0.15, 0.2) is 58.2 Å². The highest BCUT2D eigenvalue weighted by Gasteiger charge is 2.40. The maximum Gasteiger partial charge on any atom is 0.139 e. The van der Waals surface area contributed by atoms with E-state index in [1.807, 2.05) is 6.07 Å². The van der Waals surface area contributed by atoms with E-state index >= 15 is 0 Å². The second kappa shape index (κ2) is 5.87. The number of aromatic nitrogens is 2. The van der Waals surface area contributed by atoms with Crippen molar-refractivity contribution in [3.8, 4) is 11.3 Å². The molecule has 0 spiro atoms. The van der Waals surface area contributed by atoms with Crippen LogP contribution in [-0.2, 0) is 12.0 Å². The maximum absolute atomic E-state index is 13.1. The van der Waals surface area contributed by atoms with E-state index in [0.29, 0.717) is 29.3 Å². The molecule has 0 aliphatic carbocycles. The van der Waals surface area contributed by atoms with Gasteiger partial charge in [0, 0.05) is 30.5 Å². The monoisotopic (exact) mass is 337 g/mol. The van der Waals surface area contributed by atoms with E-state index in [1.165, 1.54) is 12.1 Å². The summed E-state index contributed by atoms with van der Waals surface area (Å²) in [6.07, 6.45) is 3.61. The Morgan fingerprint density at radius 1 is 1.20 bits per heavy atom. The summed E-state index contributed by atoms with van der Waals surface area (Å²) in [6, 6.07) is 11.0. The number of rotatable bonds is 3. The molecule has 1 aliphatic rings. The summed E-state index contributed by atoms with van der Waals surface area (Å²) in [5.41, 5.74) is 14.5. The molecule has 4 rings (SSSR count). The lowest BCUT2D eigenvalue weighted by Gasteiger charge is -2.35. The molecule has 2 atom stereocenters. The molecule has 2 unspecified atom stereocenters. The van der Waals surface area contributed by atoms with E-state index in [0.717, 1.165) is 5.56 Å². The molecule has 0 saturated heterocycles. The molecule has 2 aromatic heterocycles. The number of nitrogens with two attached hydrogens (primary N) is 2. The van der Waals surface area contributed by atoms with Gasteiger partial charge in [0.15, 0.2) is 0 Å². The van der Waals surface area contributed by atoms with Crippen LogP contribution in [0.5, 0.6) is 0 Å². The minimum Gasteiger partial charge on any atom is -0.361 e. The van der Waals surface area contributed by atoms with Crippen molar-refractivity contribution in [2.45, 2.75) is 18.0 Å². The number of benzene rings is 1. The molecule has 0 amide bonds. The Labute approximate surface area is 143 Å². The molecule has 6 nitrogen and oxygen atoms in total. The van der Waals surface area contributed by atoms with E-state index in [4.69, 9.17) is 16.0 Å². The van der Waals surface area contributed by atoms with Gasteiger partial charge in [-0.2, -0.15) is 0 Å². The fourth-order valence-electron chi connectivity index (χ4n) is 2.95. The van der Waals surface area contributed by atoms with Crippen molar-refractivity contribution in [1.82, 2.24) is 10.1 Å². The van der Waals surface area contributed by atoms with E-state index in [-0.39, 0.29) is 5.82 Å². The summed E-state index contributed by atoms with van der Waals surface area (Å²) in [6.45, 7) is 0. The average molecular weight is 337 g/mol. The number of nitrogens with zero attached hydrogens (tertiary/aromatic N) is 3. The molecule has 126 valence electrons. The summed E-state index contributed by atoms with van der Waals surface area (Å²) in [5, 5.41) is 4.05. The summed E-state index contributed by atoms with van der Waals surface area (Å²) in [4.78, 5) is 8.67. The van der Waals surface area contributed by atoms with Crippen molar-refractivity contribution in [3.05, 3.63) is 65.9 Å². The third kappa shape index (κ3) is 2.73. The van der Waals surface area contributed by atoms with Crippen LogP contribution in [-0.4, -0.2) is 22.4 Å². The van der Waals surface area contributed by atoms with Gasteiger partial charge in [-0.15, -0.1) is 0 Å². The van der Waals surface area contributed by atoms with Crippen LogP contribution >= 0.6 is 0 Å². The van der Waals surface area contributed by atoms with Gasteiger partial charge >= 0.3 is 0 Å². The van der Waals surface area contributed by atoms with Gasteiger partial charge in [-0.1, -0.05) is 5.16 Å². The highest BCUT2D eigenvalue weighted by molar-refractivity contribution is 5.76. The minimum atomic E-state index is -0.946. The zero-order valence-corrected chi connectivity index (χ0v) is 13.3. The molecule has 25 heavy (non-hydrogen) atoms. The lowest BCUT2D eigenvalue weighted by Crippen LogP contribution is -2.56. The van der Waals surface area contributed by atoms with E-state index in [2.05, 4.69) is 15.1 Å². The topological polar surface area (TPSA) is 103 Å². The van der Waals surface area contributed by atoms with E-state index in [1.54, 1.807) is 36.7 Å². The van der Waals surface area contributed by atoms with Crippen LogP contribution in [0.4, 0.5) is 10.1 Å². The minimum absolute atomic E-state index is 0.302. The Hall–Kier alpha value is -2.90. The predicted octanol–water partition coefficient (Wildman–Crippen LogP) is 2.32. The first-order valence-electron chi connectivity index (χ1n) is 7.82. The number of hydrogen-bond acceptors (Lipinski definition) is 6. The van der Waals surface area contributed by atoms with E-state index < -0.39 is 11.6 Å². The second-order valence-corrected chi connectivity index (χ2v) is 6.08. The van der Waals surface area contributed by atoms with Gasteiger partial charge in [-0.05, 0) is 36.4 Å². The van der Waals surface area contributed by atoms with Gasteiger partial charge < -0.3 is 16.0 Å². The van der Waals surface area contributed by atoms with Gasteiger partial charge in [-0.25, -0.2) is 4.39 Å². The van der Waals surface area contributed by atoms with Crippen molar-refractivity contribution in [2.24, 2.45) is 16.5 Å². The fourth-order valence-corrected chi connectivity index (χ4v) is 2.95. The lowest BCUT2D eigenvalue weighted by molar-refractivity contribution is 0.321. The molecule has 0 bridgehead atoms. The Balaban J connectivity index is 1.66. The smallest absolute Gasteiger partial charge is 0.139 e. The summed E-state index contributed by atoms with van der Waals surface area (Å²) < 4.78 is 18.5. The highest BCUT2D eigenvalue weighted by atomic mass is 19.1. The molecule has 3 heterocycles. The largest absolute Gasteiger partial charge is 0.361 e. The third-order valence-corrected chi connectivity index (χ3v) is 4.36. The third-order valence-electron chi connectivity index (χ3n) is 4.36. The van der Waals surface area contributed by atoms with Crippen LogP contribution in [0.25, 0.3) is 11.3 Å². The maximum atomic E-state index is 13.1. The van der Waals surface area contributed by atoms with Gasteiger partial charge in [0.1, 0.15) is 17.3 Å². The number of hydrogen-bond donors (Lipinski definition) is 2. The molecule has 4 N–H and O–H groups in total. The Bertz CT molecular complexity index is 937. The van der Waals surface area contributed by atoms with Crippen molar-refractivity contribution < 1.29 is 8.91 Å². The number of pyridine rings is 1. The summed E-state index contributed by atoms with van der Waals surface area (Å²) in [5.74, 6) is 0.271. The number of halogens is 1. The first-order chi connectivity index (χ1) is 12.1. The fraction of sp³-hybridized carbons (Fsp3) is 0.167. The zero-order valence-electron chi connectivity index (χ0n) is 13.3. The molecule has 3 aromatic rings. The number of fused-ring (bicyclic) bond motifs is 1. The Morgan fingerprint density at radius 2 is 2.00 bits per heavy atom. The predicted molar refractivity (Wildman–Crippen MR) is 91.8 cm³/mol. The van der Waals surface area contributed by atoms with Gasteiger partial charge in [0.2, 0.25) is 0 Å². The molecule has 0 fully saturated rings. The standard InChI is InChI=1S/C18H16FN5O/c19-12-5-3-11(4-6-12)15-8-13(25-24-15)9-18(21)16(20)10-23-14-2-1-7-22-17(14)18/h1-8,10,16H,9,20-21H2. The molecule has 1 aromatic carbocycles. The second-order valence-electron chi connectivity index (χ2n) is 6.08. The van der Waals surface area contributed by atoms with Crippen LogP contribution in [0.2, 0.25) is 0 Å². The van der Waals surface area contributed by atoms with Crippen molar-refractivity contribution in [1.29, 1.82) is 0 Å². The average Bonchev–Trinajstić information content (AvgIpc) is 3.07. The first kappa shape index (κ1) is 15.6. The lowest BCUT2D eigenvalue weighted by atomic mass is 9.81. The highest BCUT2D eigenvalue weighted by Crippen LogP contribution is 2.34.